The average Bonchev–Trinajstić information content (AvgIpc) is 2.85. The number of hydrogen-bond donors (Lipinski definition) is 0. The highest BCUT2D eigenvalue weighted by Gasteiger charge is 2.50. The summed E-state index contributed by atoms with van der Waals surface area (Å²) in [5.74, 6) is 0.197. The number of nitrogens with zero attached hydrogens (tertiary/aromatic N) is 3. The summed E-state index contributed by atoms with van der Waals surface area (Å²) in [7, 11) is -3.23. The van der Waals surface area contributed by atoms with Crippen molar-refractivity contribution in [3.63, 3.8) is 0 Å². The molecule has 7 heteroatoms. The normalized spacial score (nSPS) is 26.1. The number of rotatable bonds is 4. The second-order valence-corrected chi connectivity index (χ2v) is 8.71. The molecule has 0 aromatic carbocycles. The molecule has 1 atom stereocenters. The van der Waals surface area contributed by atoms with Crippen LogP contribution in [0.3, 0.4) is 0 Å². The fraction of sp³-hybridized carbons (Fsp3) is 0.625. The fourth-order valence-corrected chi connectivity index (χ4v) is 4.86. The minimum absolute atomic E-state index is 0.0952. The lowest BCUT2D eigenvalue weighted by molar-refractivity contribution is -0.138. The molecule has 0 radical (unpaired) electrons. The maximum absolute atomic E-state index is 12.9. The smallest absolute Gasteiger partial charge is 0.230 e. The molecule has 1 aromatic heterocycles. The van der Waals surface area contributed by atoms with E-state index < -0.39 is 15.4 Å². The fourth-order valence-electron chi connectivity index (χ4n) is 3.64. The first-order chi connectivity index (χ1) is 11.0. The molecule has 0 bridgehead atoms. The van der Waals surface area contributed by atoms with Gasteiger partial charge >= 0.3 is 0 Å². The van der Waals surface area contributed by atoms with E-state index in [4.69, 9.17) is 0 Å². The number of amides is 1. The molecule has 2 saturated heterocycles. The van der Waals surface area contributed by atoms with Crippen LogP contribution in [0.15, 0.2) is 24.5 Å². The maximum Gasteiger partial charge on any atom is 0.230 e. The van der Waals surface area contributed by atoms with Crippen molar-refractivity contribution < 1.29 is 13.2 Å². The highest BCUT2D eigenvalue weighted by molar-refractivity contribution is 7.89. The summed E-state index contributed by atoms with van der Waals surface area (Å²) in [6.07, 6.45) is 5.73. The van der Waals surface area contributed by atoms with Gasteiger partial charge in [-0.25, -0.2) is 12.7 Å². The predicted octanol–water partition coefficient (Wildman–Crippen LogP) is 1.25. The van der Waals surface area contributed by atoms with Crippen molar-refractivity contribution in [1.82, 2.24) is 14.2 Å². The molecule has 0 unspecified atom stereocenters. The van der Waals surface area contributed by atoms with Gasteiger partial charge in [-0.1, -0.05) is 0 Å². The van der Waals surface area contributed by atoms with Gasteiger partial charge in [0.15, 0.2) is 0 Å². The summed E-state index contributed by atoms with van der Waals surface area (Å²) in [5.41, 5.74) is 0.535. The highest BCUT2D eigenvalue weighted by atomic mass is 32.2. The number of hydrogen-bond acceptors (Lipinski definition) is 4. The van der Waals surface area contributed by atoms with Crippen LogP contribution in [-0.4, -0.2) is 53.9 Å². The van der Waals surface area contributed by atoms with E-state index in [0.717, 1.165) is 24.8 Å². The van der Waals surface area contributed by atoms with Crippen molar-refractivity contribution >= 4 is 15.9 Å². The maximum atomic E-state index is 12.9. The van der Waals surface area contributed by atoms with Crippen molar-refractivity contribution in [2.45, 2.75) is 32.7 Å². The molecule has 23 heavy (non-hydrogen) atoms. The zero-order chi connectivity index (χ0) is 16.5. The Morgan fingerprint density at radius 1 is 1.22 bits per heavy atom. The quantitative estimate of drug-likeness (QED) is 0.829. The van der Waals surface area contributed by atoms with Gasteiger partial charge < -0.3 is 4.90 Å². The zero-order valence-electron chi connectivity index (χ0n) is 13.4. The third-order valence-corrected chi connectivity index (χ3v) is 6.85. The van der Waals surface area contributed by atoms with Crippen LogP contribution in [0, 0.1) is 5.41 Å². The van der Waals surface area contributed by atoms with Crippen LogP contribution >= 0.6 is 0 Å². The first-order valence-corrected chi connectivity index (χ1v) is 9.74. The third-order valence-electron chi connectivity index (χ3n) is 5.02. The highest BCUT2D eigenvalue weighted by Crippen LogP contribution is 2.41. The molecular formula is C16H23N3O3S. The lowest BCUT2D eigenvalue weighted by Crippen LogP contribution is -2.50. The Bertz CT molecular complexity index is 677. The number of carbonyl (C=O) groups excluding carboxylic acids is 1. The lowest BCUT2D eigenvalue weighted by atomic mass is 9.79. The first-order valence-electron chi connectivity index (χ1n) is 8.13. The average molecular weight is 337 g/mol. The van der Waals surface area contributed by atoms with Gasteiger partial charge in [0, 0.05) is 38.6 Å². The van der Waals surface area contributed by atoms with Gasteiger partial charge in [-0.15, -0.1) is 0 Å². The molecule has 0 saturated carbocycles. The molecule has 0 aliphatic carbocycles. The van der Waals surface area contributed by atoms with Crippen molar-refractivity contribution in [2.24, 2.45) is 5.41 Å². The van der Waals surface area contributed by atoms with Gasteiger partial charge in [0.1, 0.15) is 0 Å². The van der Waals surface area contributed by atoms with Crippen LogP contribution in [0.5, 0.6) is 0 Å². The minimum Gasteiger partial charge on any atom is -0.338 e. The molecule has 2 fully saturated rings. The molecule has 3 heterocycles. The van der Waals surface area contributed by atoms with Crippen LogP contribution in [0.1, 0.15) is 31.7 Å². The van der Waals surface area contributed by atoms with E-state index in [0.29, 0.717) is 26.2 Å². The number of likely N-dealkylation sites (tertiary alicyclic amines) is 1. The second-order valence-electron chi connectivity index (χ2n) is 6.45. The molecule has 2 aliphatic rings. The summed E-state index contributed by atoms with van der Waals surface area (Å²) in [6, 6.07) is 3.82. The van der Waals surface area contributed by atoms with Crippen molar-refractivity contribution in [1.29, 1.82) is 0 Å². The number of sulfonamides is 1. The summed E-state index contributed by atoms with van der Waals surface area (Å²) in [5, 5.41) is 0. The number of pyridine rings is 1. The standard InChI is InChI=1S/C16H23N3O3S/c1-2-23(21,22)19-10-3-6-16(13-19)7-11-18(15(16)20)12-14-4-8-17-9-5-14/h4-5,8-9H,2-3,6-7,10-13H2,1H3/t16-/m1/s1. The van der Waals surface area contributed by atoms with Gasteiger partial charge in [-0.3, -0.25) is 9.78 Å². The molecule has 2 aliphatic heterocycles. The van der Waals surface area contributed by atoms with Gasteiger partial charge in [0.05, 0.1) is 11.2 Å². The Morgan fingerprint density at radius 3 is 2.65 bits per heavy atom. The van der Waals surface area contributed by atoms with E-state index in [1.165, 1.54) is 4.31 Å². The third kappa shape index (κ3) is 3.12. The summed E-state index contributed by atoms with van der Waals surface area (Å²) < 4.78 is 25.9. The predicted molar refractivity (Wildman–Crippen MR) is 87.0 cm³/mol. The molecule has 126 valence electrons. The monoisotopic (exact) mass is 337 g/mol. The van der Waals surface area contributed by atoms with Gasteiger partial charge in [0.25, 0.3) is 0 Å². The largest absolute Gasteiger partial charge is 0.338 e. The second kappa shape index (κ2) is 6.20. The van der Waals surface area contributed by atoms with Crippen LogP contribution in [0.25, 0.3) is 0 Å². The van der Waals surface area contributed by atoms with E-state index >= 15 is 0 Å². The van der Waals surface area contributed by atoms with E-state index in [1.807, 2.05) is 17.0 Å². The Kier molecular flexibility index (Phi) is 4.42. The molecule has 1 aromatic rings. The Balaban J connectivity index is 1.75. The van der Waals surface area contributed by atoms with E-state index in [-0.39, 0.29) is 11.7 Å². The van der Waals surface area contributed by atoms with Crippen LogP contribution < -0.4 is 0 Å². The molecule has 6 nitrogen and oxygen atoms in total. The summed E-state index contributed by atoms with van der Waals surface area (Å²) in [4.78, 5) is 18.8. The summed E-state index contributed by atoms with van der Waals surface area (Å²) >= 11 is 0. The van der Waals surface area contributed by atoms with Gasteiger partial charge in [0.2, 0.25) is 15.9 Å². The van der Waals surface area contributed by atoms with Crippen LogP contribution in [0.4, 0.5) is 0 Å². The molecule has 1 spiro atoms. The molecule has 0 N–H and O–H groups in total. The van der Waals surface area contributed by atoms with Crippen LogP contribution in [-0.2, 0) is 21.4 Å². The minimum atomic E-state index is -3.23. The van der Waals surface area contributed by atoms with Crippen LogP contribution in [0.2, 0.25) is 0 Å². The van der Waals surface area contributed by atoms with Crippen molar-refractivity contribution in [3.8, 4) is 0 Å². The van der Waals surface area contributed by atoms with Gasteiger partial charge in [-0.2, -0.15) is 0 Å². The Morgan fingerprint density at radius 2 is 1.96 bits per heavy atom. The van der Waals surface area contributed by atoms with Crippen molar-refractivity contribution in [3.05, 3.63) is 30.1 Å². The molecule has 3 rings (SSSR count). The van der Waals surface area contributed by atoms with Gasteiger partial charge in [-0.05, 0) is 43.9 Å². The lowest BCUT2D eigenvalue weighted by Gasteiger charge is -2.38. The van der Waals surface area contributed by atoms with E-state index in [2.05, 4.69) is 4.98 Å². The zero-order valence-corrected chi connectivity index (χ0v) is 14.3. The van der Waals surface area contributed by atoms with Crippen molar-refractivity contribution in [2.75, 3.05) is 25.4 Å². The SMILES string of the molecule is CCS(=O)(=O)N1CCC[C@@]2(CCN(Cc3ccncc3)C2=O)C1. The van der Waals surface area contributed by atoms with E-state index in [1.54, 1.807) is 19.3 Å². The molecular weight excluding hydrogens is 314 g/mol. The number of carbonyl (C=O) groups is 1. The number of piperidine rings is 1. The number of aromatic nitrogens is 1. The summed E-state index contributed by atoms with van der Waals surface area (Å²) in [6.45, 7) is 3.80. The van der Waals surface area contributed by atoms with E-state index in [9.17, 15) is 13.2 Å². The Hall–Kier alpha value is -1.47. The Labute approximate surface area is 137 Å². The topological polar surface area (TPSA) is 70.6 Å². The molecule has 1 amide bonds. The first kappa shape index (κ1) is 16.4.